The normalized spacial score (nSPS) is 11.1. The number of hydrogen-bond donors (Lipinski definition) is 1. The Bertz CT molecular complexity index is 599. The van der Waals surface area contributed by atoms with Crippen LogP contribution in [0.4, 0.5) is 0 Å². The first-order valence-corrected chi connectivity index (χ1v) is 7.31. The molecule has 2 aromatic heterocycles. The van der Waals surface area contributed by atoms with Gasteiger partial charge in [-0.2, -0.15) is 10.2 Å². The van der Waals surface area contributed by atoms with Gasteiger partial charge in [0.1, 0.15) is 0 Å². The van der Waals surface area contributed by atoms with Crippen molar-refractivity contribution < 1.29 is 4.74 Å². The van der Waals surface area contributed by atoms with Crippen LogP contribution in [0.15, 0.2) is 6.07 Å². The summed E-state index contributed by atoms with van der Waals surface area (Å²) in [5.41, 5.74) is 4.44. The van der Waals surface area contributed by atoms with Gasteiger partial charge in [0.25, 0.3) is 0 Å². The molecular formula is C15H25N5O. The summed E-state index contributed by atoms with van der Waals surface area (Å²) in [4.78, 5) is 0. The second-order valence-corrected chi connectivity index (χ2v) is 5.38. The monoisotopic (exact) mass is 291 g/mol. The van der Waals surface area contributed by atoms with Crippen molar-refractivity contribution in [1.29, 1.82) is 0 Å². The van der Waals surface area contributed by atoms with Gasteiger partial charge in [-0.1, -0.05) is 0 Å². The van der Waals surface area contributed by atoms with Crippen LogP contribution in [0.1, 0.15) is 29.1 Å². The molecule has 0 aromatic carbocycles. The van der Waals surface area contributed by atoms with Crippen LogP contribution < -0.4 is 10.1 Å². The second kappa shape index (κ2) is 6.76. The summed E-state index contributed by atoms with van der Waals surface area (Å²) in [6.45, 7) is 8.79. The molecule has 2 heterocycles. The molecular weight excluding hydrogens is 266 g/mol. The van der Waals surface area contributed by atoms with E-state index >= 15 is 0 Å². The number of aryl methyl sites for hydroxylation is 5. The number of rotatable bonds is 7. The largest absolute Gasteiger partial charge is 0.481 e. The number of hydrogen-bond acceptors (Lipinski definition) is 4. The fourth-order valence-electron chi connectivity index (χ4n) is 2.61. The Morgan fingerprint density at radius 1 is 1.24 bits per heavy atom. The average Bonchev–Trinajstić information content (AvgIpc) is 2.88. The number of aromatic nitrogens is 4. The molecule has 0 atom stereocenters. The van der Waals surface area contributed by atoms with E-state index in [0.29, 0.717) is 0 Å². The lowest BCUT2D eigenvalue weighted by atomic mass is 10.2. The zero-order valence-corrected chi connectivity index (χ0v) is 13.6. The molecule has 0 bridgehead atoms. The molecule has 1 N–H and O–H groups in total. The molecule has 2 rings (SSSR count). The minimum Gasteiger partial charge on any atom is -0.481 e. The molecule has 0 spiro atoms. The maximum atomic E-state index is 5.39. The second-order valence-electron chi connectivity index (χ2n) is 5.38. The molecule has 6 heteroatoms. The molecule has 0 radical (unpaired) electrons. The predicted molar refractivity (Wildman–Crippen MR) is 82.5 cm³/mol. The fraction of sp³-hybridized carbons (Fsp3) is 0.600. The Morgan fingerprint density at radius 2 is 2.00 bits per heavy atom. The predicted octanol–water partition coefficient (Wildman–Crippen LogP) is 1.73. The first-order chi connectivity index (χ1) is 10.0. The third-order valence-electron chi connectivity index (χ3n) is 3.61. The molecule has 0 saturated heterocycles. The quantitative estimate of drug-likeness (QED) is 0.789. The molecule has 0 aliphatic heterocycles. The van der Waals surface area contributed by atoms with Gasteiger partial charge in [0.15, 0.2) is 0 Å². The lowest BCUT2D eigenvalue weighted by Gasteiger charge is -2.08. The third-order valence-corrected chi connectivity index (χ3v) is 3.61. The molecule has 6 nitrogen and oxygen atoms in total. The molecule has 2 aromatic rings. The van der Waals surface area contributed by atoms with Gasteiger partial charge < -0.3 is 10.1 Å². The highest BCUT2D eigenvalue weighted by molar-refractivity contribution is 5.30. The summed E-state index contributed by atoms with van der Waals surface area (Å²) >= 11 is 0. The number of nitrogens with zero attached hydrogens (tertiary/aromatic N) is 4. The number of ether oxygens (including phenoxy) is 1. The summed E-state index contributed by atoms with van der Waals surface area (Å²) in [5.74, 6) is 0.832. The van der Waals surface area contributed by atoms with E-state index in [0.717, 1.165) is 48.9 Å². The smallest absolute Gasteiger partial charge is 0.216 e. The van der Waals surface area contributed by atoms with Gasteiger partial charge in [0.05, 0.1) is 24.1 Å². The standard InChI is InChI=1S/C15H25N5O/c1-11-9-12(2)20(17-11)8-6-7-16-10-14-13(3)18-19(4)15(14)21-5/h9,16H,6-8,10H2,1-5H3. The van der Waals surface area contributed by atoms with E-state index in [2.05, 4.69) is 33.2 Å². The van der Waals surface area contributed by atoms with Gasteiger partial charge in [0, 0.05) is 25.8 Å². The molecule has 0 aliphatic rings. The van der Waals surface area contributed by atoms with Crippen LogP contribution in [-0.4, -0.2) is 33.2 Å². The summed E-state index contributed by atoms with van der Waals surface area (Å²) in [5, 5.41) is 12.3. The lowest BCUT2D eigenvalue weighted by molar-refractivity contribution is 0.367. The van der Waals surface area contributed by atoms with Gasteiger partial charge >= 0.3 is 0 Å². The van der Waals surface area contributed by atoms with E-state index in [-0.39, 0.29) is 0 Å². The van der Waals surface area contributed by atoms with Crippen molar-refractivity contribution in [2.75, 3.05) is 13.7 Å². The van der Waals surface area contributed by atoms with Crippen molar-refractivity contribution in [3.05, 3.63) is 28.7 Å². The Kier molecular flexibility index (Phi) is 5.01. The Hall–Kier alpha value is -1.82. The first-order valence-electron chi connectivity index (χ1n) is 7.31. The zero-order chi connectivity index (χ0) is 15.4. The van der Waals surface area contributed by atoms with Crippen molar-refractivity contribution in [2.45, 2.75) is 40.3 Å². The molecule has 0 fully saturated rings. The summed E-state index contributed by atoms with van der Waals surface area (Å²) in [7, 11) is 3.58. The molecule has 21 heavy (non-hydrogen) atoms. The molecule has 0 aliphatic carbocycles. The topological polar surface area (TPSA) is 56.9 Å². The van der Waals surface area contributed by atoms with Gasteiger partial charge in [-0.25, -0.2) is 4.68 Å². The SMILES string of the molecule is COc1c(CNCCCn2nc(C)cc2C)c(C)nn1C. The Balaban J connectivity index is 1.79. The lowest BCUT2D eigenvalue weighted by Crippen LogP contribution is -2.18. The van der Waals surface area contributed by atoms with E-state index in [9.17, 15) is 0 Å². The van der Waals surface area contributed by atoms with Gasteiger partial charge in [0.2, 0.25) is 5.88 Å². The van der Waals surface area contributed by atoms with Crippen LogP contribution in [0.25, 0.3) is 0 Å². The van der Waals surface area contributed by atoms with E-state index in [1.807, 2.05) is 20.9 Å². The van der Waals surface area contributed by atoms with E-state index < -0.39 is 0 Å². The molecule has 0 amide bonds. The van der Waals surface area contributed by atoms with E-state index in [1.54, 1.807) is 11.8 Å². The van der Waals surface area contributed by atoms with Crippen LogP contribution in [0, 0.1) is 20.8 Å². The highest BCUT2D eigenvalue weighted by Crippen LogP contribution is 2.20. The Labute approximate surface area is 126 Å². The maximum Gasteiger partial charge on any atom is 0.216 e. The van der Waals surface area contributed by atoms with Crippen molar-refractivity contribution in [3.63, 3.8) is 0 Å². The van der Waals surface area contributed by atoms with Crippen LogP contribution in [0.5, 0.6) is 5.88 Å². The highest BCUT2D eigenvalue weighted by Gasteiger charge is 2.12. The molecule has 0 unspecified atom stereocenters. The molecule has 0 saturated carbocycles. The van der Waals surface area contributed by atoms with Crippen molar-refractivity contribution in [2.24, 2.45) is 7.05 Å². The maximum absolute atomic E-state index is 5.39. The van der Waals surface area contributed by atoms with Crippen LogP contribution in [0.3, 0.4) is 0 Å². The van der Waals surface area contributed by atoms with Crippen LogP contribution in [0.2, 0.25) is 0 Å². The van der Waals surface area contributed by atoms with Gasteiger partial charge in [-0.15, -0.1) is 0 Å². The minimum atomic E-state index is 0.778. The molecule has 116 valence electrons. The van der Waals surface area contributed by atoms with Gasteiger partial charge in [-0.3, -0.25) is 4.68 Å². The first kappa shape index (κ1) is 15.6. The number of nitrogens with one attached hydrogen (secondary N) is 1. The summed E-state index contributed by atoms with van der Waals surface area (Å²) < 4.78 is 9.23. The van der Waals surface area contributed by atoms with Crippen molar-refractivity contribution >= 4 is 0 Å². The van der Waals surface area contributed by atoms with Crippen molar-refractivity contribution in [1.82, 2.24) is 24.9 Å². The summed E-state index contributed by atoms with van der Waals surface area (Å²) in [6, 6.07) is 2.11. The zero-order valence-electron chi connectivity index (χ0n) is 13.6. The minimum absolute atomic E-state index is 0.778. The van der Waals surface area contributed by atoms with E-state index in [1.165, 1.54) is 5.69 Å². The number of methoxy groups -OCH3 is 1. The fourth-order valence-corrected chi connectivity index (χ4v) is 2.61. The Morgan fingerprint density at radius 3 is 2.62 bits per heavy atom. The van der Waals surface area contributed by atoms with Crippen LogP contribution >= 0.6 is 0 Å². The van der Waals surface area contributed by atoms with Crippen molar-refractivity contribution in [3.8, 4) is 5.88 Å². The van der Waals surface area contributed by atoms with Crippen LogP contribution in [-0.2, 0) is 20.1 Å². The van der Waals surface area contributed by atoms with Gasteiger partial charge in [-0.05, 0) is 39.8 Å². The van der Waals surface area contributed by atoms with E-state index in [4.69, 9.17) is 4.74 Å². The summed E-state index contributed by atoms with van der Waals surface area (Å²) in [6.07, 6.45) is 1.05. The third kappa shape index (κ3) is 3.64. The highest BCUT2D eigenvalue weighted by atomic mass is 16.5. The average molecular weight is 291 g/mol.